The Labute approximate surface area is 104 Å². The number of hydrogen-bond acceptors (Lipinski definition) is 3. The van der Waals surface area contributed by atoms with Gasteiger partial charge in [-0.2, -0.15) is 0 Å². The topological polar surface area (TPSA) is 59.1 Å². The average molecular weight is 305 g/mol. The van der Waals surface area contributed by atoms with Gasteiger partial charge in [0.05, 0.1) is 5.25 Å². The molecule has 0 aliphatic heterocycles. The number of nitrogens with one attached hydrogen (secondary N) is 1. The van der Waals surface area contributed by atoms with Gasteiger partial charge in [-0.05, 0) is 40.9 Å². The lowest BCUT2D eigenvalue weighted by atomic mass is 10.4. The maximum atomic E-state index is 11.9. The molecule has 4 nitrogen and oxygen atoms in total. The van der Waals surface area contributed by atoms with Crippen LogP contribution in [0.15, 0.2) is 22.8 Å². The highest BCUT2D eigenvalue weighted by molar-refractivity contribution is 9.10. The fourth-order valence-electron chi connectivity index (χ4n) is 1.86. The zero-order valence-electron chi connectivity index (χ0n) is 8.69. The minimum Gasteiger partial charge on any atom is -0.267 e. The molecule has 0 aromatic carbocycles. The molecule has 0 bridgehead atoms. The normalized spacial score (nSPS) is 17.6. The largest absolute Gasteiger partial charge is 0.267 e. The predicted octanol–water partition coefficient (Wildman–Crippen LogP) is 2.53. The molecule has 1 aliphatic carbocycles. The van der Waals surface area contributed by atoms with Crippen molar-refractivity contribution in [2.24, 2.45) is 0 Å². The van der Waals surface area contributed by atoms with E-state index in [0.29, 0.717) is 5.82 Å². The number of rotatable bonds is 3. The summed E-state index contributed by atoms with van der Waals surface area (Å²) in [7, 11) is -3.25. The first-order valence-corrected chi connectivity index (χ1v) is 7.55. The van der Waals surface area contributed by atoms with Gasteiger partial charge in [0.1, 0.15) is 5.82 Å². The summed E-state index contributed by atoms with van der Waals surface area (Å²) in [6, 6.07) is 3.41. The van der Waals surface area contributed by atoms with Crippen LogP contribution in [-0.4, -0.2) is 18.7 Å². The number of sulfonamides is 1. The third-order valence-electron chi connectivity index (χ3n) is 2.72. The predicted molar refractivity (Wildman–Crippen MR) is 66.7 cm³/mol. The van der Waals surface area contributed by atoms with Crippen LogP contribution in [0.3, 0.4) is 0 Å². The van der Waals surface area contributed by atoms with Crippen molar-refractivity contribution in [1.82, 2.24) is 4.98 Å². The Morgan fingerprint density at radius 1 is 1.31 bits per heavy atom. The van der Waals surface area contributed by atoms with E-state index in [1.165, 1.54) is 0 Å². The van der Waals surface area contributed by atoms with Crippen molar-refractivity contribution >= 4 is 31.8 Å². The van der Waals surface area contributed by atoms with E-state index in [0.717, 1.165) is 30.2 Å². The SMILES string of the molecule is O=S(=O)(Nc1ccc(Br)cn1)C1CCCC1. The van der Waals surface area contributed by atoms with Crippen molar-refractivity contribution in [3.05, 3.63) is 22.8 Å². The van der Waals surface area contributed by atoms with Gasteiger partial charge in [-0.25, -0.2) is 13.4 Å². The van der Waals surface area contributed by atoms with Gasteiger partial charge in [0.15, 0.2) is 0 Å². The summed E-state index contributed by atoms with van der Waals surface area (Å²) in [5, 5.41) is -0.252. The molecular weight excluding hydrogens is 292 g/mol. The van der Waals surface area contributed by atoms with Crippen LogP contribution in [0, 0.1) is 0 Å². The Morgan fingerprint density at radius 3 is 2.56 bits per heavy atom. The molecule has 1 N–H and O–H groups in total. The van der Waals surface area contributed by atoms with E-state index < -0.39 is 10.0 Å². The molecule has 0 saturated heterocycles. The summed E-state index contributed by atoms with van der Waals surface area (Å²) in [5.74, 6) is 0.384. The fourth-order valence-corrected chi connectivity index (χ4v) is 3.63. The standard InChI is InChI=1S/C10H13BrN2O2S/c11-8-5-6-10(12-7-8)13-16(14,15)9-3-1-2-4-9/h5-7,9H,1-4H2,(H,12,13). The fraction of sp³-hybridized carbons (Fsp3) is 0.500. The molecule has 0 atom stereocenters. The van der Waals surface area contributed by atoms with Gasteiger partial charge in [-0.15, -0.1) is 0 Å². The smallest absolute Gasteiger partial charge is 0.236 e. The van der Waals surface area contributed by atoms with Crippen LogP contribution >= 0.6 is 15.9 Å². The van der Waals surface area contributed by atoms with E-state index in [-0.39, 0.29) is 5.25 Å². The van der Waals surface area contributed by atoms with Gasteiger partial charge < -0.3 is 0 Å². The lowest BCUT2D eigenvalue weighted by molar-refractivity contribution is 0.585. The molecule has 1 aromatic rings. The third kappa shape index (κ3) is 2.74. The number of halogens is 1. The van der Waals surface area contributed by atoms with Gasteiger partial charge in [-0.3, -0.25) is 4.72 Å². The molecule has 1 aliphatic rings. The first kappa shape index (κ1) is 11.9. The number of nitrogens with zero attached hydrogens (tertiary/aromatic N) is 1. The van der Waals surface area contributed by atoms with Crippen LogP contribution in [0.4, 0.5) is 5.82 Å². The molecule has 1 saturated carbocycles. The van der Waals surface area contributed by atoms with Gasteiger partial charge in [0.2, 0.25) is 10.0 Å². The van der Waals surface area contributed by atoms with Gasteiger partial charge >= 0.3 is 0 Å². The second kappa shape index (κ2) is 4.71. The van der Waals surface area contributed by atoms with Crippen molar-refractivity contribution < 1.29 is 8.42 Å². The van der Waals surface area contributed by atoms with Crippen molar-refractivity contribution in [3.8, 4) is 0 Å². The van der Waals surface area contributed by atoms with E-state index in [9.17, 15) is 8.42 Å². The maximum Gasteiger partial charge on any atom is 0.236 e. The molecule has 88 valence electrons. The number of anilines is 1. The average Bonchev–Trinajstić information content (AvgIpc) is 2.75. The van der Waals surface area contributed by atoms with Crippen molar-refractivity contribution in [1.29, 1.82) is 0 Å². The summed E-state index contributed by atoms with van der Waals surface area (Å²) in [4.78, 5) is 4.00. The Bertz CT molecular complexity index is 452. The van der Waals surface area contributed by atoms with Crippen LogP contribution in [0.5, 0.6) is 0 Å². The molecular formula is C10H13BrN2O2S. The quantitative estimate of drug-likeness (QED) is 0.933. The summed E-state index contributed by atoms with van der Waals surface area (Å²) in [6.07, 6.45) is 5.09. The summed E-state index contributed by atoms with van der Waals surface area (Å²) in [6.45, 7) is 0. The highest BCUT2D eigenvalue weighted by Crippen LogP contribution is 2.25. The van der Waals surface area contributed by atoms with Crippen LogP contribution in [0.2, 0.25) is 0 Å². The first-order valence-electron chi connectivity index (χ1n) is 5.21. The van der Waals surface area contributed by atoms with Gasteiger partial charge in [0.25, 0.3) is 0 Å². The van der Waals surface area contributed by atoms with E-state index in [1.54, 1.807) is 18.3 Å². The summed E-state index contributed by atoms with van der Waals surface area (Å²) < 4.78 is 27.2. The molecule has 0 unspecified atom stereocenters. The Morgan fingerprint density at radius 2 is 2.00 bits per heavy atom. The molecule has 0 radical (unpaired) electrons. The summed E-state index contributed by atoms with van der Waals surface area (Å²) in [5.41, 5.74) is 0. The molecule has 0 amide bonds. The van der Waals surface area contributed by atoms with E-state index >= 15 is 0 Å². The zero-order valence-corrected chi connectivity index (χ0v) is 11.1. The Balaban J connectivity index is 2.11. The first-order chi connectivity index (χ1) is 7.58. The second-order valence-electron chi connectivity index (χ2n) is 3.92. The minimum atomic E-state index is -3.25. The van der Waals surface area contributed by atoms with Crippen LogP contribution in [0.25, 0.3) is 0 Å². The highest BCUT2D eigenvalue weighted by atomic mass is 79.9. The molecule has 2 rings (SSSR count). The third-order valence-corrected chi connectivity index (χ3v) is 5.03. The second-order valence-corrected chi connectivity index (χ2v) is 6.79. The maximum absolute atomic E-state index is 11.9. The van der Waals surface area contributed by atoms with Crippen LogP contribution in [0.1, 0.15) is 25.7 Å². The lowest BCUT2D eigenvalue weighted by Gasteiger charge is -2.12. The van der Waals surface area contributed by atoms with Crippen molar-refractivity contribution in [3.63, 3.8) is 0 Å². The van der Waals surface area contributed by atoms with Gasteiger partial charge in [0, 0.05) is 10.7 Å². The van der Waals surface area contributed by atoms with E-state index in [4.69, 9.17) is 0 Å². The van der Waals surface area contributed by atoms with Crippen LogP contribution < -0.4 is 4.72 Å². The van der Waals surface area contributed by atoms with E-state index in [1.807, 2.05) is 0 Å². The molecule has 6 heteroatoms. The minimum absolute atomic E-state index is 0.252. The van der Waals surface area contributed by atoms with Crippen molar-refractivity contribution in [2.75, 3.05) is 4.72 Å². The van der Waals surface area contributed by atoms with Gasteiger partial charge in [-0.1, -0.05) is 12.8 Å². The molecule has 1 aromatic heterocycles. The molecule has 0 spiro atoms. The van der Waals surface area contributed by atoms with E-state index in [2.05, 4.69) is 25.6 Å². The molecule has 1 fully saturated rings. The Hall–Kier alpha value is -0.620. The molecule has 16 heavy (non-hydrogen) atoms. The highest BCUT2D eigenvalue weighted by Gasteiger charge is 2.28. The Kier molecular flexibility index (Phi) is 3.49. The van der Waals surface area contributed by atoms with Crippen molar-refractivity contribution in [2.45, 2.75) is 30.9 Å². The monoisotopic (exact) mass is 304 g/mol. The number of hydrogen-bond donors (Lipinski definition) is 1. The number of pyridine rings is 1. The lowest BCUT2D eigenvalue weighted by Crippen LogP contribution is -2.25. The summed E-state index contributed by atoms with van der Waals surface area (Å²) >= 11 is 3.25. The zero-order chi connectivity index (χ0) is 11.6. The molecule has 1 heterocycles. The van der Waals surface area contributed by atoms with Crippen LogP contribution in [-0.2, 0) is 10.0 Å². The number of aromatic nitrogens is 1.